The zero-order valence-electron chi connectivity index (χ0n) is 17.2. The molecule has 3 aromatic carbocycles. The van der Waals surface area contributed by atoms with Crippen LogP contribution in [0.1, 0.15) is 11.1 Å². The Hall–Kier alpha value is -4.67. The van der Waals surface area contributed by atoms with E-state index in [2.05, 4.69) is 26.3 Å². The van der Waals surface area contributed by atoms with Crippen LogP contribution in [0.3, 0.4) is 0 Å². The average molecular weight is 456 g/mol. The van der Waals surface area contributed by atoms with Gasteiger partial charge in [-0.05, 0) is 40.8 Å². The van der Waals surface area contributed by atoms with Gasteiger partial charge in [0.1, 0.15) is 0 Å². The molecule has 0 aliphatic rings. The quantitative estimate of drug-likeness (QED) is 0.421. The SMILES string of the molecule is [C-]#[N+]/C=C/c1ccc2c(S(=O)(=O)n3nc(Nc4ccc(CC#N)cc4)nc3N)cccc2c1. The Morgan fingerprint density at radius 1 is 1.18 bits per heavy atom. The van der Waals surface area contributed by atoms with Crippen LogP contribution in [0.2, 0.25) is 0 Å². The zero-order valence-corrected chi connectivity index (χ0v) is 18.0. The van der Waals surface area contributed by atoms with Crippen LogP contribution in [-0.4, -0.2) is 22.6 Å². The first-order chi connectivity index (χ1) is 15.9. The molecule has 162 valence electrons. The average Bonchev–Trinajstić information content (AvgIpc) is 3.19. The van der Waals surface area contributed by atoms with Gasteiger partial charge in [0.05, 0.1) is 24.0 Å². The van der Waals surface area contributed by atoms with E-state index >= 15 is 0 Å². The highest BCUT2D eigenvalue weighted by atomic mass is 32.2. The predicted molar refractivity (Wildman–Crippen MR) is 126 cm³/mol. The van der Waals surface area contributed by atoms with Crippen LogP contribution in [-0.2, 0) is 16.4 Å². The highest BCUT2D eigenvalue weighted by Gasteiger charge is 2.25. The van der Waals surface area contributed by atoms with E-state index in [1.807, 2.05) is 0 Å². The molecule has 1 aromatic heterocycles. The maximum absolute atomic E-state index is 13.4. The summed E-state index contributed by atoms with van der Waals surface area (Å²) < 4.78 is 27.4. The number of aromatic nitrogens is 3. The van der Waals surface area contributed by atoms with Crippen molar-refractivity contribution in [1.29, 1.82) is 5.26 Å². The van der Waals surface area contributed by atoms with Gasteiger partial charge in [0.2, 0.25) is 11.9 Å². The van der Waals surface area contributed by atoms with Crippen LogP contribution < -0.4 is 11.1 Å². The molecule has 0 aliphatic carbocycles. The topological polar surface area (TPSA) is 131 Å². The second-order valence-electron chi connectivity index (χ2n) is 6.98. The fourth-order valence-electron chi connectivity index (χ4n) is 3.28. The minimum Gasteiger partial charge on any atom is -0.367 e. The Bertz CT molecular complexity index is 1560. The summed E-state index contributed by atoms with van der Waals surface area (Å²) in [4.78, 5) is 7.25. The van der Waals surface area contributed by atoms with Crippen molar-refractivity contribution in [1.82, 2.24) is 14.2 Å². The van der Waals surface area contributed by atoms with Gasteiger partial charge in [0, 0.05) is 11.1 Å². The Morgan fingerprint density at radius 3 is 2.70 bits per heavy atom. The normalized spacial score (nSPS) is 11.3. The molecular formula is C23H17N7O2S. The number of nitrogens with one attached hydrogen (secondary N) is 1. The first-order valence-corrected chi connectivity index (χ1v) is 11.1. The summed E-state index contributed by atoms with van der Waals surface area (Å²) in [6, 6.07) is 19.2. The Kier molecular flexibility index (Phi) is 5.77. The van der Waals surface area contributed by atoms with Crippen LogP contribution in [0, 0.1) is 17.9 Å². The maximum atomic E-state index is 13.4. The minimum absolute atomic E-state index is 0.0240. The summed E-state index contributed by atoms with van der Waals surface area (Å²) in [6.07, 6.45) is 3.28. The van der Waals surface area contributed by atoms with Crippen molar-refractivity contribution in [2.24, 2.45) is 0 Å². The van der Waals surface area contributed by atoms with Crippen LogP contribution in [0.25, 0.3) is 21.7 Å². The van der Waals surface area contributed by atoms with E-state index < -0.39 is 10.0 Å². The molecule has 0 unspecified atom stereocenters. The number of nitrogens with two attached hydrogens (primary N) is 1. The largest absolute Gasteiger partial charge is 0.367 e. The van der Waals surface area contributed by atoms with Crippen molar-refractivity contribution in [3.63, 3.8) is 0 Å². The summed E-state index contributed by atoms with van der Waals surface area (Å²) in [5, 5.41) is 16.9. The monoisotopic (exact) mass is 455 g/mol. The molecule has 0 spiro atoms. The van der Waals surface area contributed by atoms with Gasteiger partial charge < -0.3 is 11.1 Å². The number of anilines is 3. The molecule has 0 radical (unpaired) electrons. The van der Waals surface area contributed by atoms with Crippen molar-refractivity contribution < 1.29 is 8.42 Å². The van der Waals surface area contributed by atoms with Gasteiger partial charge in [-0.25, -0.2) is 4.85 Å². The molecule has 1 heterocycles. The van der Waals surface area contributed by atoms with E-state index in [4.69, 9.17) is 17.6 Å². The number of fused-ring (bicyclic) bond motifs is 1. The maximum Gasteiger partial charge on any atom is 0.286 e. The first kappa shape index (κ1) is 21.6. The van der Waals surface area contributed by atoms with Gasteiger partial charge in [-0.3, -0.25) is 0 Å². The molecule has 0 bridgehead atoms. The van der Waals surface area contributed by atoms with Crippen molar-refractivity contribution in [3.05, 3.63) is 89.4 Å². The van der Waals surface area contributed by atoms with E-state index in [-0.39, 0.29) is 16.8 Å². The molecule has 3 N–H and O–H groups in total. The highest BCUT2D eigenvalue weighted by Crippen LogP contribution is 2.27. The molecule has 4 aromatic rings. The molecule has 0 atom stereocenters. The van der Waals surface area contributed by atoms with Gasteiger partial charge in [-0.2, -0.15) is 18.7 Å². The second-order valence-corrected chi connectivity index (χ2v) is 8.72. The third-order valence-corrected chi connectivity index (χ3v) is 6.44. The molecule has 33 heavy (non-hydrogen) atoms. The lowest BCUT2D eigenvalue weighted by Gasteiger charge is -2.09. The van der Waals surface area contributed by atoms with Gasteiger partial charge in [-0.15, -0.1) is 9.19 Å². The lowest BCUT2D eigenvalue weighted by Crippen LogP contribution is -2.17. The molecule has 0 fully saturated rings. The summed E-state index contributed by atoms with van der Waals surface area (Å²) in [7, 11) is -4.14. The summed E-state index contributed by atoms with van der Waals surface area (Å²) in [5.41, 5.74) is 8.16. The number of nitriles is 1. The molecule has 0 aliphatic heterocycles. The van der Waals surface area contributed by atoms with Crippen molar-refractivity contribution in [2.75, 3.05) is 11.1 Å². The molecule has 0 amide bonds. The molecule has 9 nitrogen and oxygen atoms in total. The van der Waals surface area contributed by atoms with Gasteiger partial charge in [-0.1, -0.05) is 42.5 Å². The number of rotatable bonds is 6. The predicted octanol–water partition coefficient (Wildman–Crippen LogP) is 3.95. The lowest BCUT2D eigenvalue weighted by atomic mass is 10.1. The van der Waals surface area contributed by atoms with Crippen LogP contribution >= 0.6 is 0 Å². The second kappa shape index (κ2) is 8.83. The minimum atomic E-state index is -4.14. The van der Waals surface area contributed by atoms with Crippen LogP contribution in [0.4, 0.5) is 17.6 Å². The van der Waals surface area contributed by atoms with E-state index in [1.165, 1.54) is 12.3 Å². The van der Waals surface area contributed by atoms with Crippen LogP contribution in [0.5, 0.6) is 0 Å². The number of benzene rings is 3. The number of nitrogen functional groups attached to an aromatic ring is 1. The van der Waals surface area contributed by atoms with Crippen molar-refractivity contribution in [3.8, 4) is 6.07 Å². The Morgan fingerprint density at radius 2 is 1.97 bits per heavy atom. The van der Waals surface area contributed by atoms with Gasteiger partial charge in [0.15, 0.2) is 6.20 Å². The molecule has 10 heteroatoms. The molecule has 4 rings (SSSR count). The Balaban J connectivity index is 1.68. The number of hydrogen-bond acceptors (Lipinski definition) is 7. The van der Waals surface area contributed by atoms with Crippen molar-refractivity contribution in [2.45, 2.75) is 11.3 Å². The molecule has 0 saturated heterocycles. The highest BCUT2D eigenvalue weighted by molar-refractivity contribution is 7.90. The van der Waals surface area contributed by atoms with E-state index in [9.17, 15) is 8.42 Å². The smallest absolute Gasteiger partial charge is 0.286 e. The standard InChI is InChI=1S/C23H17N7O2S/c1-26-14-12-17-7-10-20-18(15-17)3-2-4-21(20)33(31,32)30-22(25)28-23(29-30)27-19-8-5-16(6-9-19)11-13-24/h2-10,12,14-15H,11H2,(H3,25,27,28,29)/b14-12+. The van der Waals surface area contributed by atoms with E-state index in [0.717, 1.165) is 11.1 Å². The van der Waals surface area contributed by atoms with Gasteiger partial charge in [0.25, 0.3) is 10.0 Å². The van der Waals surface area contributed by atoms with Gasteiger partial charge >= 0.3 is 0 Å². The summed E-state index contributed by atoms with van der Waals surface area (Å²) in [6.45, 7) is 6.86. The molecule has 0 saturated carbocycles. The van der Waals surface area contributed by atoms with E-state index in [1.54, 1.807) is 60.7 Å². The fourth-order valence-corrected chi connectivity index (χ4v) is 4.66. The Labute approximate surface area is 190 Å². The third-order valence-electron chi connectivity index (χ3n) is 4.81. The van der Waals surface area contributed by atoms with E-state index in [0.29, 0.717) is 27.0 Å². The summed E-state index contributed by atoms with van der Waals surface area (Å²) >= 11 is 0. The number of nitrogens with zero attached hydrogens (tertiary/aromatic N) is 5. The summed E-state index contributed by atoms with van der Waals surface area (Å²) in [5.74, 6) is -0.261. The van der Waals surface area contributed by atoms with Crippen LogP contribution in [0.15, 0.2) is 71.8 Å². The fraction of sp³-hybridized carbons (Fsp3) is 0.0435. The zero-order chi connectivity index (χ0) is 23.4. The number of hydrogen-bond donors (Lipinski definition) is 2. The third kappa shape index (κ3) is 4.37. The first-order valence-electron chi connectivity index (χ1n) is 9.69. The van der Waals surface area contributed by atoms with Crippen molar-refractivity contribution >= 4 is 44.5 Å². The lowest BCUT2D eigenvalue weighted by molar-refractivity contribution is 0.582. The molecular weight excluding hydrogens is 438 g/mol.